The summed E-state index contributed by atoms with van der Waals surface area (Å²) < 4.78 is 9.16. The van der Waals surface area contributed by atoms with Crippen molar-refractivity contribution in [2.75, 3.05) is 0 Å². The van der Waals surface area contributed by atoms with Crippen LogP contribution in [0.25, 0.3) is 49.4 Å². The van der Waals surface area contributed by atoms with Crippen molar-refractivity contribution >= 4 is 59.7 Å². The number of hydrogen-bond acceptors (Lipinski definition) is 2. The summed E-state index contributed by atoms with van der Waals surface area (Å²) in [6, 6.07) is 25.0. The fourth-order valence-corrected chi connectivity index (χ4v) is 4.23. The van der Waals surface area contributed by atoms with Crippen molar-refractivity contribution in [3.63, 3.8) is 0 Å². The quantitative estimate of drug-likeness (QED) is 0.296. The fourth-order valence-electron chi connectivity index (χ4n) is 3.85. The van der Waals surface area contributed by atoms with Crippen LogP contribution >= 0.6 is 15.9 Å². The Bertz CT molecular complexity index is 1490. The summed E-state index contributed by atoms with van der Waals surface area (Å²) in [7, 11) is 0. The van der Waals surface area contributed by atoms with E-state index in [9.17, 15) is 0 Å². The molecule has 4 heteroatoms. The van der Waals surface area contributed by atoms with Gasteiger partial charge in [-0.05, 0) is 47.9 Å². The molecule has 0 spiro atoms. The van der Waals surface area contributed by atoms with Gasteiger partial charge < -0.3 is 4.42 Å². The molecule has 0 unspecified atom stereocenters. The van der Waals surface area contributed by atoms with Gasteiger partial charge in [-0.2, -0.15) is 0 Å². The second kappa shape index (κ2) is 5.44. The van der Waals surface area contributed by atoms with Gasteiger partial charge in [0.2, 0.25) is 0 Å². The van der Waals surface area contributed by atoms with Crippen molar-refractivity contribution in [2.24, 2.45) is 0 Å². The molecule has 0 radical (unpaired) electrons. The minimum absolute atomic E-state index is 0.902. The third-order valence-electron chi connectivity index (χ3n) is 5.13. The molecule has 2 heterocycles. The SMILES string of the molecule is Brc1ccc2c(ccc3c2ncn3-c2ccc3oc4ccccc4c3c2)c1. The molecule has 0 N–H and O–H groups in total. The van der Waals surface area contributed by atoms with Crippen LogP contribution in [0, 0.1) is 0 Å². The summed E-state index contributed by atoms with van der Waals surface area (Å²) in [5.41, 5.74) is 5.00. The van der Waals surface area contributed by atoms with Crippen LogP contribution < -0.4 is 0 Å². The zero-order chi connectivity index (χ0) is 18.0. The number of para-hydroxylation sites is 1. The van der Waals surface area contributed by atoms with Crippen LogP contribution in [0.1, 0.15) is 0 Å². The molecule has 0 saturated carbocycles. The molecule has 3 nitrogen and oxygen atoms in total. The van der Waals surface area contributed by atoms with Crippen molar-refractivity contribution < 1.29 is 4.42 Å². The first-order chi connectivity index (χ1) is 13.3. The van der Waals surface area contributed by atoms with Crippen LogP contribution in [-0.4, -0.2) is 9.55 Å². The largest absolute Gasteiger partial charge is 0.456 e. The minimum atomic E-state index is 0.902. The third kappa shape index (κ3) is 2.17. The summed E-state index contributed by atoms with van der Waals surface area (Å²) in [6.07, 6.45) is 1.90. The van der Waals surface area contributed by atoms with Crippen LogP contribution in [-0.2, 0) is 0 Å². The zero-order valence-electron chi connectivity index (χ0n) is 14.2. The summed E-state index contributed by atoms with van der Waals surface area (Å²) in [4.78, 5) is 4.71. The van der Waals surface area contributed by atoms with Crippen molar-refractivity contribution in [3.8, 4) is 5.69 Å². The molecule has 0 saturated heterocycles. The third-order valence-corrected chi connectivity index (χ3v) is 5.63. The Morgan fingerprint density at radius 2 is 1.67 bits per heavy atom. The van der Waals surface area contributed by atoms with Gasteiger partial charge in [0.1, 0.15) is 17.5 Å². The molecular formula is C23H13BrN2O. The topological polar surface area (TPSA) is 31.0 Å². The van der Waals surface area contributed by atoms with Crippen LogP contribution in [0.4, 0.5) is 0 Å². The fraction of sp³-hybridized carbons (Fsp3) is 0. The lowest BCUT2D eigenvalue weighted by Gasteiger charge is -2.06. The molecule has 0 aliphatic rings. The highest BCUT2D eigenvalue weighted by Crippen LogP contribution is 2.32. The van der Waals surface area contributed by atoms with Gasteiger partial charge >= 0.3 is 0 Å². The minimum Gasteiger partial charge on any atom is -0.456 e. The number of fused-ring (bicyclic) bond motifs is 6. The lowest BCUT2D eigenvalue weighted by Crippen LogP contribution is -1.91. The van der Waals surface area contributed by atoms with Crippen LogP contribution in [0.2, 0.25) is 0 Å². The molecule has 4 aromatic carbocycles. The van der Waals surface area contributed by atoms with E-state index < -0.39 is 0 Å². The Morgan fingerprint density at radius 3 is 2.63 bits per heavy atom. The van der Waals surface area contributed by atoms with E-state index in [1.807, 2.05) is 30.6 Å². The van der Waals surface area contributed by atoms with Gasteiger partial charge in [-0.1, -0.05) is 46.3 Å². The van der Waals surface area contributed by atoms with E-state index in [0.717, 1.165) is 48.5 Å². The van der Waals surface area contributed by atoms with Gasteiger partial charge in [0.05, 0.1) is 11.0 Å². The Morgan fingerprint density at radius 1 is 0.778 bits per heavy atom. The maximum absolute atomic E-state index is 5.95. The Kier molecular flexibility index (Phi) is 3.02. The number of furan rings is 1. The second-order valence-electron chi connectivity index (χ2n) is 6.69. The predicted octanol–water partition coefficient (Wildman–Crippen LogP) is 6.84. The summed E-state index contributed by atoms with van der Waals surface area (Å²) in [5.74, 6) is 0. The smallest absolute Gasteiger partial charge is 0.135 e. The molecule has 2 aromatic heterocycles. The molecular weight excluding hydrogens is 400 g/mol. The molecule has 0 aliphatic carbocycles. The molecule has 0 aliphatic heterocycles. The second-order valence-corrected chi connectivity index (χ2v) is 7.61. The first-order valence-electron chi connectivity index (χ1n) is 8.75. The van der Waals surface area contributed by atoms with Crippen molar-refractivity contribution in [1.29, 1.82) is 0 Å². The van der Waals surface area contributed by atoms with Crippen molar-refractivity contribution in [3.05, 3.63) is 83.6 Å². The molecule has 0 fully saturated rings. The van der Waals surface area contributed by atoms with Crippen molar-refractivity contribution in [2.45, 2.75) is 0 Å². The highest BCUT2D eigenvalue weighted by atomic mass is 79.9. The van der Waals surface area contributed by atoms with Gasteiger partial charge in [-0.15, -0.1) is 0 Å². The first-order valence-corrected chi connectivity index (χ1v) is 9.54. The van der Waals surface area contributed by atoms with E-state index in [0.29, 0.717) is 0 Å². The highest BCUT2D eigenvalue weighted by molar-refractivity contribution is 9.10. The first kappa shape index (κ1) is 15.0. The monoisotopic (exact) mass is 412 g/mol. The number of imidazole rings is 1. The molecule has 128 valence electrons. The predicted molar refractivity (Wildman–Crippen MR) is 114 cm³/mol. The Hall–Kier alpha value is -3.11. The van der Waals surface area contributed by atoms with E-state index in [2.05, 4.69) is 69.0 Å². The maximum atomic E-state index is 5.95. The van der Waals surface area contributed by atoms with Gasteiger partial charge in [-0.3, -0.25) is 4.57 Å². The van der Waals surface area contributed by atoms with E-state index in [4.69, 9.17) is 9.40 Å². The van der Waals surface area contributed by atoms with Gasteiger partial charge in [0.15, 0.2) is 0 Å². The molecule has 0 bridgehead atoms. The van der Waals surface area contributed by atoms with Gasteiger partial charge in [0, 0.05) is 26.3 Å². The van der Waals surface area contributed by atoms with Gasteiger partial charge in [-0.25, -0.2) is 4.98 Å². The summed E-state index contributed by atoms with van der Waals surface area (Å²) >= 11 is 3.54. The molecule has 27 heavy (non-hydrogen) atoms. The Labute approximate surface area is 163 Å². The molecule has 6 rings (SSSR count). The van der Waals surface area contributed by atoms with Crippen molar-refractivity contribution in [1.82, 2.24) is 9.55 Å². The summed E-state index contributed by atoms with van der Waals surface area (Å²) in [6.45, 7) is 0. The number of aromatic nitrogens is 2. The molecule has 6 aromatic rings. The number of benzene rings is 4. The standard InChI is InChI=1S/C23H13BrN2O/c24-15-6-8-17-14(11-15)5-9-20-23(17)25-13-26(20)16-7-10-22-19(12-16)18-3-1-2-4-21(18)27-22/h1-13H. The van der Waals surface area contributed by atoms with Crippen LogP contribution in [0.5, 0.6) is 0 Å². The number of rotatable bonds is 1. The Balaban J connectivity index is 1.63. The number of hydrogen-bond donors (Lipinski definition) is 0. The lowest BCUT2D eigenvalue weighted by atomic mass is 10.1. The van der Waals surface area contributed by atoms with Crippen LogP contribution in [0.3, 0.4) is 0 Å². The van der Waals surface area contributed by atoms with E-state index >= 15 is 0 Å². The molecule has 0 amide bonds. The molecule has 0 atom stereocenters. The maximum Gasteiger partial charge on any atom is 0.135 e. The van der Waals surface area contributed by atoms with Crippen LogP contribution in [0.15, 0.2) is 88.0 Å². The number of nitrogens with zero attached hydrogens (tertiary/aromatic N) is 2. The van der Waals surface area contributed by atoms with E-state index in [-0.39, 0.29) is 0 Å². The van der Waals surface area contributed by atoms with Gasteiger partial charge in [0.25, 0.3) is 0 Å². The van der Waals surface area contributed by atoms with E-state index in [1.165, 1.54) is 5.39 Å². The summed E-state index contributed by atoms with van der Waals surface area (Å²) in [5, 5.41) is 4.59. The average molecular weight is 413 g/mol. The highest BCUT2D eigenvalue weighted by Gasteiger charge is 2.11. The lowest BCUT2D eigenvalue weighted by molar-refractivity contribution is 0.669. The zero-order valence-corrected chi connectivity index (χ0v) is 15.8. The normalized spacial score (nSPS) is 11.9. The average Bonchev–Trinajstić information content (AvgIpc) is 3.28. The van der Waals surface area contributed by atoms with E-state index in [1.54, 1.807) is 0 Å². The number of halogens is 1.